The summed E-state index contributed by atoms with van der Waals surface area (Å²) in [5, 5.41) is -0.0278. The molecule has 1 aromatic carbocycles. The van der Waals surface area contributed by atoms with Gasteiger partial charge < -0.3 is 0 Å². The zero-order valence-electron chi connectivity index (χ0n) is 11.2. The molecule has 0 aliphatic heterocycles. The van der Waals surface area contributed by atoms with E-state index in [1.165, 1.54) is 12.1 Å². The Morgan fingerprint density at radius 2 is 1.54 bits per heavy atom. The first-order valence-electron chi connectivity index (χ1n) is 5.96. The highest BCUT2D eigenvalue weighted by Crippen LogP contribution is 2.48. The third kappa shape index (κ3) is 3.18. The lowest BCUT2D eigenvalue weighted by molar-refractivity contribution is -0.339. The summed E-state index contributed by atoms with van der Waals surface area (Å²) in [5.41, 5.74) is 0.376. The van der Waals surface area contributed by atoms with Crippen molar-refractivity contribution in [1.29, 1.82) is 0 Å². The Morgan fingerprint density at radius 1 is 1.00 bits per heavy atom. The minimum absolute atomic E-state index is 0.00183. The molecular formula is C13H5BrF7NOS. The monoisotopic (exact) mass is 435 g/mol. The minimum atomic E-state index is -6.57. The summed E-state index contributed by atoms with van der Waals surface area (Å²) in [5.74, 6) is -15.1. The van der Waals surface area contributed by atoms with E-state index >= 15 is 0 Å². The number of hydrogen-bond donors (Lipinski definition) is 0. The van der Waals surface area contributed by atoms with E-state index in [0.717, 1.165) is 5.38 Å². The first-order valence-corrected chi connectivity index (χ1v) is 7.64. The first-order chi connectivity index (χ1) is 10.9. The molecule has 0 saturated heterocycles. The van der Waals surface area contributed by atoms with Crippen molar-refractivity contribution in [3.05, 3.63) is 39.1 Å². The maximum Gasteiger partial charge on any atom is 0.460 e. The van der Waals surface area contributed by atoms with Gasteiger partial charge in [0.25, 0.3) is 5.78 Å². The van der Waals surface area contributed by atoms with E-state index in [0.29, 0.717) is 10.0 Å². The van der Waals surface area contributed by atoms with Crippen LogP contribution in [0.1, 0.15) is 9.80 Å². The number of alkyl halides is 7. The highest BCUT2D eigenvalue weighted by atomic mass is 79.9. The van der Waals surface area contributed by atoms with Gasteiger partial charge in [-0.1, -0.05) is 28.1 Å². The Balaban J connectivity index is 2.36. The van der Waals surface area contributed by atoms with Crippen LogP contribution in [-0.2, 0) is 0 Å². The van der Waals surface area contributed by atoms with Crippen molar-refractivity contribution in [1.82, 2.24) is 4.98 Å². The van der Waals surface area contributed by atoms with E-state index in [1.807, 2.05) is 0 Å². The van der Waals surface area contributed by atoms with Crippen molar-refractivity contribution in [3.8, 4) is 11.3 Å². The van der Waals surface area contributed by atoms with Gasteiger partial charge in [-0.15, -0.1) is 11.3 Å². The van der Waals surface area contributed by atoms with E-state index in [-0.39, 0.29) is 17.0 Å². The van der Waals surface area contributed by atoms with E-state index in [1.54, 1.807) is 12.1 Å². The first kappa shape index (κ1) is 18.8. The van der Waals surface area contributed by atoms with Crippen LogP contribution in [0.4, 0.5) is 30.7 Å². The fourth-order valence-electron chi connectivity index (χ4n) is 1.59. The number of thiazole rings is 1. The molecule has 2 rings (SSSR count). The van der Waals surface area contributed by atoms with Gasteiger partial charge in [-0.3, -0.25) is 4.79 Å². The molecule has 0 unspecified atom stereocenters. The maximum absolute atomic E-state index is 13.4. The lowest BCUT2D eigenvalue weighted by Gasteiger charge is -2.26. The average Bonchev–Trinajstić information content (AvgIpc) is 2.95. The zero-order valence-corrected chi connectivity index (χ0v) is 13.6. The Hall–Kier alpha value is -1.49. The zero-order chi connectivity index (χ0) is 18.3. The SMILES string of the molecule is O=C(c1nc(-c2ccc(Br)cc2)cs1)C(F)(F)C(F)(F)C(F)(F)F. The van der Waals surface area contributed by atoms with Gasteiger partial charge in [0.15, 0.2) is 5.01 Å². The average molecular weight is 436 g/mol. The number of ketones is 1. The minimum Gasteiger partial charge on any atom is -0.284 e. The normalized spacial score (nSPS) is 13.2. The summed E-state index contributed by atoms with van der Waals surface area (Å²) < 4.78 is 89.6. The fraction of sp³-hybridized carbons (Fsp3) is 0.231. The van der Waals surface area contributed by atoms with Crippen LogP contribution in [0.25, 0.3) is 11.3 Å². The third-order valence-electron chi connectivity index (χ3n) is 2.87. The molecule has 0 atom stereocenters. The Morgan fingerprint density at radius 3 is 2.04 bits per heavy atom. The molecule has 2 nitrogen and oxygen atoms in total. The molecule has 2 aromatic rings. The second-order valence-corrected chi connectivity index (χ2v) is 6.29. The van der Waals surface area contributed by atoms with Crippen molar-refractivity contribution in [2.75, 3.05) is 0 Å². The van der Waals surface area contributed by atoms with Crippen molar-refractivity contribution < 1.29 is 35.5 Å². The molecule has 130 valence electrons. The molecule has 0 fully saturated rings. The van der Waals surface area contributed by atoms with Gasteiger partial charge in [0.1, 0.15) is 0 Å². The summed E-state index contributed by atoms with van der Waals surface area (Å²) in [7, 11) is 0. The molecule has 0 radical (unpaired) electrons. The summed E-state index contributed by atoms with van der Waals surface area (Å²) in [4.78, 5) is 14.9. The number of carbonyl (C=O) groups is 1. The number of aromatic nitrogens is 1. The number of rotatable bonds is 4. The van der Waals surface area contributed by atoms with Crippen LogP contribution in [-0.4, -0.2) is 28.8 Å². The largest absolute Gasteiger partial charge is 0.460 e. The van der Waals surface area contributed by atoms with Crippen molar-refractivity contribution >= 4 is 33.0 Å². The quantitative estimate of drug-likeness (QED) is 0.462. The van der Waals surface area contributed by atoms with E-state index in [4.69, 9.17) is 0 Å². The third-order valence-corrected chi connectivity index (χ3v) is 4.24. The summed E-state index contributed by atoms with van der Waals surface area (Å²) in [6.45, 7) is 0. The summed E-state index contributed by atoms with van der Waals surface area (Å²) in [6.07, 6.45) is -6.57. The van der Waals surface area contributed by atoms with Gasteiger partial charge in [-0.25, -0.2) is 4.98 Å². The second kappa shape index (κ2) is 6.10. The number of carbonyl (C=O) groups excluding carboxylic acids is 1. The molecule has 0 N–H and O–H groups in total. The topological polar surface area (TPSA) is 30.0 Å². The molecule has 24 heavy (non-hydrogen) atoms. The van der Waals surface area contributed by atoms with E-state index in [9.17, 15) is 35.5 Å². The molecule has 0 amide bonds. The number of nitrogens with zero attached hydrogens (tertiary/aromatic N) is 1. The predicted molar refractivity (Wildman–Crippen MR) is 75.5 cm³/mol. The van der Waals surface area contributed by atoms with Crippen LogP contribution in [0, 0.1) is 0 Å². The van der Waals surface area contributed by atoms with Crippen molar-refractivity contribution in [2.45, 2.75) is 18.0 Å². The van der Waals surface area contributed by atoms with Crippen molar-refractivity contribution in [2.24, 2.45) is 0 Å². The lowest BCUT2D eigenvalue weighted by Crippen LogP contribution is -2.56. The van der Waals surface area contributed by atoms with Crippen LogP contribution >= 0.6 is 27.3 Å². The number of Topliss-reactive ketones (excluding diaryl/α,β-unsaturated/α-hetero) is 1. The smallest absolute Gasteiger partial charge is 0.284 e. The Labute approximate surface area is 142 Å². The fourth-order valence-corrected chi connectivity index (χ4v) is 2.65. The van der Waals surface area contributed by atoms with Gasteiger partial charge in [-0.2, -0.15) is 30.7 Å². The Kier molecular flexibility index (Phi) is 4.79. The highest BCUT2D eigenvalue weighted by molar-refractivity contribution is 9.10. The highest BCUT2D eigenvalue weighted by Gasteiger charge is 2.76. The van der Waals surface area contributed by atoms with E-state index in [2.05, 4.69) is 20.9 Å². The lowest BCUT2D eigenvalue weighted by atomic mass is 10.1. The van der Waals surface area contributed by atoms with Crippen LogP contribution < -0.4 is 0 Å². The number of hydrogen-bond acceptors (Lipinski definition) is 3. The van der Waals surface area contributed by atoms with Gasteiger partial charge >= 0.3 is 18.0 Å². The molecule has 0 aliphatic carbocycles. The molecule has 0 saturated carbocycles. The molecule has 11 heteroatoms. The molecule has 0 aliphatic rings. The molecule has 0 spiro atoms. The number of benzene rings is 1. The van der Waals surface area contributed by atoms with Crippen LogP contribution in [0.3, 0.4) is 0 Å². The molecule has 1 heterocycles. The van der Waals surface area contributed by atoms with Gasteiger partial charge in [0.05, 0.1) is 5.69 Å². The van der Waals surface area contributed by atoms with Crippen LogP contribution in [0.15, 0.2) is 34.1 Å². The van der Waals surface area contributed by atoms with E-state index < -0.39 is 28.8 Å². The van der Waals surface area contributed by atoms with Crippen LogP contribution in [0.2, 0.25) is 0 Å². The van der Waals surface area contributed by atoms with Crippen LogP contribution in [0.5, 0.6) is 0 Å². The molecule has 0 bridgehead atoms. The van der Waals surface area contributed by atoms with Gasteiger partial charge in [0.2, 0.25) is 0 Å². The summed E-state index contributed by atoms with van der Waals surface area (Å²) >= 11 is 3.41. The van der Waals surface area contributed by atoms with Crippen molar-refractivity contribution in [3.63, 3.8) is 0 Å². The molecule has 1 aromatic heterocycles. The second-order valence-electron chi connectivity index (χ2n) is 4.52. The Bertz CT molecular complexity index is 754. The number of halogens is 8. The van der Waals surface area contributed by atoms with Gasteiger partial charge in [0, 0.05) is 15.4 Å². The maximum atomic E-state index is 13.4. The van der Waals surface area contributed by atoms with Gasteiger partial charge in [-0.05, 0) is 12.1 Å². The predicted octanol–water partition coefficient (Wildman–Crippen LogP) is 5.59. The summed E-state index contributed by atoms with van der Waals surface area (Å²) in [6, 6.07) is 6.14. The standard InChI is InChI=1S/C13H5BrF7NOS/c14-7-3-1-6(2-4-7)8-5-24-10(22-8)9(23)11(15,16)12(17,18)13(19,20)21/h1-5H. The molecular weight excluding hydrogens is 431 g/mol.